The topological polar surface area (TPSA) is 3.24 Å². The molecular formula is C14H21N. The Labute approximate surface area is 93.4 Å². The van der Waals surface area contributed by atoms with Crippen LogP contribution in [0.5, 0.6) is 0 Å². The Morgan fingerprint density at radius 2 is 2.00 bits per heavy atom. The fraction of sp³-hybridized carbons (Fsp3) is 0.429. The van der Waals surface area contributed by atoms with Crippen molar-refractivity contribution in [1.29, 1.82) is 0 Å². The number of benzene rings is 1. The van der Waals surface area contributed by atoms with E-state index < -0.39 is 0 Å². The van der Waals surface area contributed by atoms with Crippen molar-refractivity contribution >= 4 is 0 Å². The molecule has 0 unspecified atom stereocenters. The van der Waals surface area contributed by atoms with E-state index >= 15 is 0 Å². The zero-order chi connectivity index (χ0) is 11.3. The van der Waals surface area contributed by atoms with Gasteiger partial charge in [0.15, 0.2) is 0 Å². The molecule has 1 heteroatoms. The van der Waals surface area contributed by atoms with Gasteiger partial charge >= 0.3 is 0 Å². The van der Waals surface area contributed by atoms with E-state index in [-0.39, 0.29) is 0 Å². The Hall–Kier alpha value is -1.08. The maximum absolute atomic E-state index is 3.81. The minimum Gasteiger partial charge on any atom is -0.293 e. The molecule has 0 amide bonds. The second kappa shape index (κ2) is 5.72. The summed E-state index contributed by atoms with van der Waals surface area (Å²) < 4.78 is 0. The predicted molar refractivity (Wildman–Crippen MR) is 66.9 cm³/mol. The predicted octanol–water partition coefficient (Wildman–Crippen LogP) is 3.39. The smallest absolute Gasteiger partial charge is 0.0242 e. The lowest BCUT2D eigenvalue weighted by Crippen LogP contribution is -2.30. The highest BCUT2D eigenvalue weighted by atomic mass is 15.1. The molecule has 1 rings (SSSR count). The van der Waals surface area contributed by atoms with Gasteiger partial charge in [0.2, 0.25) is 0 Å². The van der Waals surface area contributed by atoms with Gasteiger partial charge < -0.3 is 0 Å². The van der Waals surface area contributed by atoms with Crippen LogP contribution in [0, 0.1) is 6.92 Å². The molecule has 0 aliphatic rings. The van der Waals surface area contributed by atoms with E-state index in [4.69, 9.17) is 0 Å². The standard InChI is InChI=1S/C14H21N/c1-5-10-15(12(2)3)11-14-9-7-6-8-13(14)4/h5-9,12H,1,10-11H2,2-4H3. The molecule has 1 aromatic rings. The molecule has 0 saturated carbocycles. The Morgan fingerprint density at radius 1 is 1.33 bits per heavy atom. The molecule has 0 heterocycles. The first-order valence-electron chi connectivity index (χ1n) is 5.54. The largest absolute Gasteiger partial charge is 0.293 e. The summed E-state index contributed by atoms with van der Waals surface area (Å²) in [5.41, 5.74) is 2.78. The highest BCUT2D eigenvalue weighted by molar-refractivity contribution is 5.25. The minimum atomic E-state index is 0.558. The van der Waals surface area contributed by atoms with Gasteiger partial charge in [-0.05, 0) is 31.9 Å². The summed E-state index contributed by atoms with van der Waals surface area (Å²) in [5, 5.41) is 0. The van der Waals surface area contributed by atoms with E-state index in [0.29, 0.717) is 6.04 Å². The summed E-state index contributed by atoms with van der Waals surface area (Å²) in [4.78, 5) is 2.41. The van der Waals surface area contributed by atoms with Crippen LogP contribution in [-0.2, 0) is 6.54 Å². The summed E-state index contributed by atoms with van der Waals surface area (Å²) >= 11 is 0. The van der Waals surface area contributed by atoms with Gasteiger partial charge in [-0.1, -0.05) is 30.3 Å². The molecule has 82 valence electrons. The summed E-state index contributed by atoms with van der Waals surface area (Å²) in [7, 11) is 0. The van der Waals surface area contributed by atoms with Crippen molar-refractivity contribution in [3.63, 3.8) is 0 Å². The average Bonchev–Trinajstić information content (AvgIpc) is 2.20. The van der Waals surface area contributed by atoms with E-state index in [1.165, 1.54) is 11.1 Å². The molecule has 15 heavy (non-hydrogen) atoms. The summed E-state index contributed by atoms with van der Waals surface area (Å²) in [5.74, 6) is 0. The fourth-order valence-corrected chi connectivity index (χ4v) is 1.63. The van der Waals surface area contributed by atoms with Crippen LogP contribution >= 0.6 is 0 Å². The van der Waals surface area contributed by atoms with E-state index in [0.717, 1.165) is 13.1 Å². The highest BCUT2D eigenvalue weighted by Gasteiger charge is 2.08. The molecule has 0 aliphatic heterocycles. The van der Waals surface area contributed by atoms with Crippen LogP contribution in [0.2, 0.25) is 0 Å². The Balaban J connectivity index is 2.73. The molecular weight excluding hydrogens is 182 g/mol. The van der Waals surface area contributed by atoms with Gasteiger partial charge in [-0.15, -0.1) is 6.58 Å². The van der Waals surface area contributed by atoms with Crippen molar-refractivity contribution in [3.8, 4) is 0 Å². The third-order valence-corrected chi connectivity index (χ3v) is 2.73. The first-order valence-corrected chi connectivity index (χ1v) is 5.54. The number of hydrogen-bond donors (Lipinski definition) is 0. The lowest BCUT2D eigenvalue weighted by Gasteiger charge is -2.25. The zero-order valence-electron chi connectivity index (χ0n) is 10.0. The van der Waals surface area contributed by atoms with Gasteiger partial charge in [-0.2, -0.15) is 0 Å². The molecule has 1 aromatic carbocycles. The van der Waals surface area contributed by atoms with Gasteiger partial charge in [0.25, 0.3) is 0 Å². The maximum atomic E-state index is 3.81. The van der Waals surface area contributed by atoms with Crippen molar-refractivity contribution in [2.45, 2.75) is 33.4 Å². The molecule has 0 fully saturated rings. The molecule has 0 aliphatic carbocycles. The van der Waals surface area contributed by atoms with Crippen LogP contribution in [0.1, 0.15) is 25.0 Å². The van der Waals surface area contributed by atoms with E-state index in [2.05, 4.69) is 56.5 Å². The number of rotatable bonds is 5. The van der Waals surface area contributed by atoms with Crippen molar-refractivity contribution < 1.29 is 0 Å². The van der Waals surface area contributed by atoms with Crippen LogP contribution < -0.4 is 0 Å². The lowest BCUT2D eigenvalue weighted by molar-refractivity contribution is 0.237. The van der Waals surface area contributed by atoms with Crippen LogP contribution in [0.3, 0.4) is 0 Å². The second-order valence-electron chi connectivity index (χ2n) is 4.24. The van der Waals surface area contributed by atoms with E-state index in [1.54, 1.807) is 0 Å². The highest BCUT2D eigenvalue weighted by Crippen LogP contribution is 2.12. The van der Waals surface area contributed by atoms with Crippen molar-refractivity contribution in [3.05, 3.63) is 48.0 Å². The first kappa shape index (κ1) is 12.0. The molecule has 1 nitrogen and oxygen atoms in total. The van der Waals surface area contributed by atoms with Crippen LogP contribution in [0.15, 0.2) is 36.9 Å². The van der Waals surface area contributed by atoms with Crippen molar-refractivity contribution in [2.75, 3.05) is 6.54 Å². The first-order chi connectivity index (χ1) is 7.15. The van der Waals surface area contributed by atoms with Crippen LogP contribution in [0.4, 0.5) is 0 Å². The summed E-state index contributed by atoms with van der Waals surface area (Å²) in [6.45, 7) is 12.4. The van der Waals surface area contributed by atoms with Gasteiger partial charge in [0, 0.05) is 19.1 Å². The molecule has 0 aromatic heterocycles. The Kier molecular flexibility index (Phi) is 4.57. The van der Waals surface area contributed by atoms with Crippen molar-refractivity contribution in [2.24, 2.45) is 0 Å². The van der Waals surface area contributed by atoms with Gasteiger partial charge in [0.1, 0.15) is 0 Å². The molecule has 0 spiro atoms. The normalized spacial score (nSPS) is 11.0. The quantitative estimate of drug-likeness (QED) is 0.663. The van der Waals surface area contributed by atoms with Crippen LogP contribution in [0.25, 0.3) is 0 Å². The average molecular weight is 203 g/mol. The van der Waals surface area contributed by atoms with Gasteiger partial charge in [0.05, 0.1) is 0 Å². The SMILES string of the molecule is C=CCN(Cc1ccccc1C)C(C)C. The molecule has 0 bridgehead atoms. The van der Waals surface area contributed by atoms with Gasteiger partial charge in [-0.3, -0.25) is 4.90 Å². The number of hydrogen-bond acceptors (Lipinski definition) is 1. The molecule has 0 radical (unpaired) electrons. The monoisotopic (exact) mass is 203 g/mol. The van der Waals surface area contributed by atoms with Gasteiger partial charge in [-0.25, -0.2) is 0 Å². The maximum Gasteiger partial charge on any atom is 0.0242 e. The molecule has 0 atom stereocenters. The van der Waals surface area contributed by atoms with Crippen molar-refractivity contribution in [1.82, 2.24) is 4.90 Å². The second-order valence-corrected chi connectivity index (χ2v) is 4.24. The summed E-state index contributed by atoms with van der Waals surface area (Å²) in [6, 6.07) is 9.12. The summed E-state index contributed by atoms with van der Waals surface area (Å²) in [6.07, 6.45) is 1.97. The number of nitrogens with zero attached hydrogens (tertiary/aromatic N) is 1. The number of aryl methyl sites for hydroxylation is 1. The lowest BCUT2D eigenvalue weighted by atomic mass is 10.1. The fourth-order valence-electron chi connectivity index (χ4n) is 1.63. The van der Waals surface area contributed by atoms with E-state index in [1.807, 2.05) is 6.08 Å². The third-order valence-electron chi connectivity index (χ3n) is 2.73. The third kappa shape index (κ3) is 3.52. The zero-order valence-corrected chi connectivity index (χ0v) is 10.0. The van der Waals surface area contributed by atoms with Crippen LogP contribution in [-0.4, -0.2) is 17.5 Å². The van der Waals surface area contributed by atoms with E-state index in [9.17, 15) is 0 Å². The Morgan fingerprint density at radius 3 is 2.53 bits per heavy atom. The Bertz CT molecular complexity index is 315. The molecule has 0 N–H and O–H groups in total. The minimum absolute atomic E-state index is 0.558. The molecule has 0 saturated heterocycles.